The van der Waals surface area contributed by atoms with Crippen LogP contribution in [0.4, 0.5) is 0 Å². The van der Waals surface area contributed by atoms with Crippen LogP contribution in [0.5, 0.6) is 0 Å². The smallest absolute Gasteiger partial charge is 0.0710 e. The van der Waals surface area contributed by atoms with E-state index in [-0.39, 0.29) is 0 Å². The topological polar surface area (TPSA) is 24.5 Å². The van der Waals surface area contributed by atoms with Crippen LogP contribution in [0.15, 0.2) is 24.3 Å². The molecule has 1 aliphatic heterocycles. The number of likely N-dealkylation sites (N-methyl/N-ethyl adjacent to an activating group) is 1. The minimum Gasteiger partial charge on any atom is -0.380 e. The van der Waals surface area contributed by atoms with Crippen LogP contribution in [0, 0.1) is 0 Å². The third kappa shape index (κ3) is 2.62. The van der Waals surface area contributed by atoms with Gasteiger partial charge in [0, 0.05) is 32.3 Å². The first-order chi connectivity index (χ1) is 9.83. The lowest BCUT2D eigenvalue weighted by atomic mass is 9.95. The SMILES string of the molecule is CNC1c2ccccc2CCCC1N1CCC(OC)C1. The molecule has 0 bridgehead atoms. The quantitative estimate of drug-likeness (QED) is 0.857. The standard InChI is InChI=1S/C17H26N2O/c1-18-17-15-8-4-3-6-13(15)7-5-9-16(17)19-11-10-14(12-19)20-2/h3-4,6,8,14,16-18H,5,7,9-12H2,1-2H3. The average Bonchev–Trinajstić information content (AvgIpc) is 2.88. The molecule has 110 valence electrons. The van der Waals surface area contributed by atoms with Crippen LogP contribution >= 0.6 is 0 Å². The van der Waals surface area contributed by atoms with Gasteiger partial charge in [-0.3, -0.25) is 4.90 Å². The number of benzene rings is 1. The maximum Gasteiger partial charge on any atom is 0.0710 e. The Balaban J connectivity index is 1.84. The van der Waals surface area contributed by atoms with Gasteiger partial charge in [-0.1, -0.05) is 24.3 Å². The van der Waals surface area contributed by atoms with Gasteiger partial charge < -0.3 is 10.1 Å². The van der Waals surface area contributed by atoms with E-state index in [1.807, 2.05) is 7.11 Å². The monoisotopic (exact) mass is 274 g/mol. The molecule has 3 unspecified atom stereocenters. The molecule has 0 amide bonds. The summed E-state index contributed by atoms with van der Waals surface area (Å²) in [5.41, 5.74) is 3.02. The number of ether oxygens (including phenoxy) is 1. The maximum absolute atomic E-state index is 5.54. The molecule has 1 saturated heterocycles. The van der Waals surface area contributed by atoms with Crippen molar-refractivity contribution in [2.24, 2.45) is 0 Å². The number of fused-ring (bicyclic) bond motifs is 1. The van der Waals surface area contributed by atoms with Crippen molar-refractivity contribution >= 4 is 0 Å². The van der Waals surface area contributed by atoms with E-state index in [0.717, 1.165) is 6.54 Å². The van der Waals surface area contributed by atoms with Crippen LogP contribution in [-0.4, -0.2) is 44.3 Å². The Morgan fingerprint density at radius 1 is 1.25 bits per heavy atom. The lowest BCUT2D eigenvalue weighted by Gasteiger charge is -2.34. The molecule has 1 aliphatic carbocycles. The van der Waals surface area contributed by atoms with Crippen LogP contribution in [-0.2, 0) is 11.2 Å². The summed E-state index contributed by atoms with van der Waals surface area (Å²) in [7, 11) is 3.94. The van der Waals surface area contributed by atoms with Crippen molar-refractivity contribution in [3.63, 3.8) is 0 Å². The number of aryl methyl sites for hydroxylation is 1. The predicted octanol–water partition coefficient (Wildman–Crippen LogP) is 2.37. The van der Waals surface area contributed by atoms with Gasteiger partial charge in [0.15, 0.2) is 0 Å². The minimum atomic E-state index is 0.422. The second kappa shape index (κ2) is 6.25. The van der Waals surface area contributed by atoms with Crippen molar-refractivity contribution in [1.29, 1.82) is 0 Å². The summed E-state index contributed by atoms with van der Waals surface area (Å²) in [4.78, 5) is 2.64. The predicted molar refractivity (Wildman–Crippen MR) is 82.0 cm³/mol. The normalized spacial score (nSPS) is 31.0. The molecule has 0 aromatic heterocycles. The third-order valence-corrected chi connectivity index (χ3v) is 5.01. The van der Waals surface area contributed by atoms with Crippen LogP contribution in [0.3, 0.4) is 0 Å². The Bertz CT molecular complexity index is 448. The summed E-state index contributed by atoms with van der Waals surface area (Å²) in [6, 6.07) is 9.99. The first kappa shape index (κ1) is 14.1. The summed E-state index contributed by atoms with van der Waals surface area (Å²) in [5.74, 6) is 0. The summed E-state index contributed by atoms with van der Waals surface area (Å²) in [6.45, 7) is 2.25. The lowest BCUT2D eigenvalue weighted by Crippen LogP contribution is -2.43. The Labute approximate surface area is 122 Å². The van der Waals surface area contributed by atoms with Gasteiger partial charge >= 0.3 is 0 Å². The first-order valence-electron chi connectivity index (χ1n) is 7.85. The van der Waals surface area contributed by atoms with E-state index in [0.29, 0.717) is 18.2 Å². The molecule has 1 aromatic rings. The fraction of sp³-hybridized carbons (Fsp3) is 0.647. The highest BCUT2D eigenvalue weighted by atomic mass is 16.5. The first-order valence-corrected chi connectivity index (χ1v) is 7.85. The Morgan fingerprint density at radius 2 is 2.10 bits per heavy atom. The molecule has 1 aromatic carbocycles. The highest BCUT2D eigenvalue weighted by molar-refractivity contribution is 5.32. The molecular formula is C17H26N2O. The molecule has 0 saturated carbocycles. The van der Waals surface area contributed by atoms with Crippen molar-refractivity contribution < 1.29 is 4.74 Å². The molecule has 20 heavy (non-hydrogen) atoms. The van der Waals surface area contributed by atoms with Gasteiger partial charge in [0.05, 0.1) is 6.10 Å². The second-order valence-corrected chi connectivity index (χ2v) is 6.07. The van der Waals surface area contributed by atoms with Crippen LogP contribution in [0.2, 0.25) is 0 Å². The van der Waals surface area contributed by atoms with E-state index in [1.54, 1.807) is 0 Å². The van der Waals surface area contributed by atoms with Crippen LogP contribution in [0.25, 0.3) is 0 Å². The third-order valence-electron chi connectivity index (χ3n) is 5.01. The largest absolute Gasteiger partial charge is 0.380 e. The van der Waals surface area contributed by atoms with Gasteiger partial charge in [-0.25, -0.2) is 0 Å². The molecule has 3 rings (SSSR count). The summed E-state index contributed by atoms with van der Waals surface area (Å²) < 4.78 is 5.54. The highest BCUT2D eigenvalue weighted by Crippen LogP contribution is 2.33. The minimum absolute atomic E-state index is 0.422. The molecule has 1 fully saturated rings. The number of methoxy groups -OCH3 is 1. The average molecular weight is 274 g/mol. The van der Waals surface area contributed by atoms with Crippen LogP contribution < -0.4 is 5.32 Å². The van der Waals surface area contributed by atoms with Gasteiger partial charge in [0.25, 0.3) is 0 Å². The number of hydrogen-bond donors (Lipinski definition) is 1. The fourth-order valence-corrected chi connectivity index (χ4v) is 3.93. The number of likely N-dealkylation sites (tertiary alicyclic amines) is 1. The maximum atomic E-state index is 5.54. The number of nitrogens with one attached hydrogen (secondary N) is 1. The highest BCUT2D eigenvalue weighted by Gasteiger charge is 2.34. The van der Waals surface area contributed by atoms with Gasteiger partial charge in [0.1, 0.15) is 0 Å². The zero-order valence-corrected chi connectivity index (χ0v) is 12.6. The molecular weight excluding hydrogens is 248 g/mol. The molecule has 0 radical (unpaired) electrons. The van der Waals surface area contributed by atoms with E-state index in [4.69, 9.17) is 4.74 Å². The van der Waals surface area contributed by atoms with Crippen molar-refractivity contribution in [3.8, 4) is 0 Å². The molecule has 1 heterocycles. The molecule has 1 N–H and O–H groups in total. The van der Waals surface area contributed by atoms with E-state index >= 15 is 0 Å². The molecule has 3 atom stereocenters. The second-order valence-electron chi connectivity index (χ2n) is 6.07. The Kier molecular flexibility index (Phi) is 4.39. The van der Waals surface area contributed by atoms with Crippen LogP contribution in [0.1, 0.15) is 36.4 Å². The van der Waals surface area contributed by atoms with E-state index < -0.39 is 0 Å². The Morgan fingerprint density at radius 3 is 2.85 bits per heavy atom. The molecule has 2 aliphatic rings. The fourth-order valence-electron chi connectivity index (χ4n) is 3.93. The van der Waals surface area contributed by atoms with Crippen molar-refractivity contribution in [1.82, 2.24) is 10.2 Å². The van der Waals surface area contributed by atoms with E-state index in [2.05, 4.69) is 41.5 Å². The van der Waals surface area contributed by atoms with Gasteiger partial charge in [-0.2, -0.15) is 0 Å². The summed E-state index contributed by atoms with van der Waals surface area (Å²) in [5, 5.41) is 3.58. The van der Waals surface area contributed by atoms with Gasteiger partial charge in [-0.05, 0) is 43.9 Å². The van der Waals surface area contributed by atoms with Crippen molar-refractivity contribution in [2.45, 2.75) is 43.9 Å². The number of rotatable bonds is 3. The van der Waals surface area contributed by atoms with Gasteiger partial charge in [-0.15, -0.1) is 0 Å². The van der Waals surface area contributed by atoms with Gasteiger partial charge in [0.2, 0.25) is 0 Å². The number of nitrogens with zero attached hydrogens (tertiary/aromatic N) is 1. The van der Waals surface area contributed by atoms with Crippen molar-refractivity contribution in [3.05, 3.63) is 35.4 Å². The summed E-state index contributed by atoms with van der Waals surface area (Å²) in [6.07, 6.45) is 5.37. The van der Waals surface area contributed by atoms with E-state index in [1.165, 1.54) is 43.4 Å². The summed E-state index contributed by atoms with van der Waals surface area (Å²) >= 11 is 0. The number of hydrogen-bond acceptors (Lipinski definition) is 3. The zero-order valence-electron chi connectivity index (χ0n) is 12.6. The zero-order chi connectivity index (χ0) is 13.9. The molecule has 3 nitrogen and oxygen atoms in total. The molecule has 0 spiro atoms. The van der Waals surface area contributed by atoms with E-state index in [9.17, 15) is 0 Å². The molecule has 3 heteroatoms. The Hall–Kier alpha value is -0.900. The van der Waals surface area contributed by atoms with Crippen molar-refractivity contribution in [2.75, 3.05) is 27.2 Å². The lowest BCUT2D eigenvalue weighted by molar-refractivity contribution is 0.0941.